The molecule has 12 heteroatoms. The maximum Gasteiger partial charge on any atom is 0.420 e. The third-order valence-electron chi connectivity index (χ3n) is 5.75. The zero-order chi connectivity index (χ0) is 23.9. The van der Waals surface area contributed by atoms with Crippen LogP contribution >= 0.6 is 23.1 Å². The average molecular weight is 518 g/mol. The third kappa shape index (κ3) is 4.16. The first kappa shape index (κ1) is 22.8. The molecule has 0 amide bonds. The van der Waals surface area contributed by atoms with Gasteiger partial charge in [-0.05, 0) is 42.7 Å². The summed E-state index contributed by atoms with van der Waals surface area (Å²) in [5, 5.41) is 3.37. The minimum atomic E-state index is -4.06. The van der Waals surface area contributed by atoms with Crippen LogP contribution in [0.1, 0.15) is 30.5 Å². The van der Waals surface area contributed by atoms with Crippen LogP contribution in [0.2, 0.25) is 5.02 Å². The first-order valence-corrected chi connectivity index (χ1v) is 13.1. The van der Waals surface area contributed by atoms with Crippen molar-refractivity contribution < 1.29 is 12.8 Å². The number of fused-ring (bicyclic) bond motifs is 1. The molecule has 0 aliphatic carbocycles. The van der Waals surface area contributed by atoms with Crippen LogP contribution in [-0.4, -0.2) is 35.4 Å². The second-order valence-electron chi connectivity index (χ2n) is 7.79. The lowest BCUT2D eigenvalue weighted by Gasteiger charge is -2.21. The van der Waals surface area contributed by atoms with E-state index in [0.717, 1.165) is 42.2 Å². The lowest BCUT2D eigenvalue weighted by molar-refractivity contribution is 0.489. The predicted octanol–water partition coefficient (Wildman–Crippen LogP) is 3.89. The van der Waals surface area contributed by atoms with E-state index < -0.39 is 15.8 Å². The van der Waals surface area contributed by atoms with Crippen molar-refractivity contribution in [3.63, 3.8) is 0 Å². The van der Waals surface area contributed by atoms with Crippen molar-refractivity contribution in [3.05, 3.63) is 75.5 Å². The Labute approximate surface area is 204 Å². The molecular weight excluding hydrogens is 498 g/mol. The predicted molar refractivity (Wildman–Crippen MR) is 132 cm³/mol. The van der Waals surface area contributed by atoms with Gasteiger partial charge in [-0.3, -0.25) is 9.29 Å². The number of anilines is 1. The van der Waals surface area contributed by atoms with Gasteiger partial charge in [-0.1, -0.05) is 41.9 Å². The van der Waals surface area contributed by atoms with Gasteiger partial charge in [-0.2, -0.15) is 4.37 Å². The van der Waals surface area contributed by atoms with Crippen molar-refractivity contribution >= 4 is 55.0 Å². The molecule has 1 aliphatic rings. The van der Waals surface area contributed by atoms with Gasteiger partial charge in [0.2, 0.25) is 5.13 Å². The summed E-state index contributed by atoms with van der Waals surface area (Å²) in [6, 6.07) is 10.3. The van der Waals surface area contributed by atoms with Gasteiger partial charge in [0.15, 0.2) is 5.58 Å². The molecule has 2 aromatic carbocycles. The minimum Gasteiger partial charge on any atom is -0.408 e. The van der Waals surface area contributed by atoms with Crippen molar-refractivity contribution in [2.45, 2.75) is 24.3 Å². The number of rotatable bonds is 6. The van der Waals surface area contributed by atoms with E-state index in [2.05, 4.69) is 25.5 Å². The van der Waals surface area contributed by atoms with Gasteiger partial charge < -0.3 is 9.73 Å². The first-order valence-electron chi connectivity index (χ1n) is 10.5. The van der Waals surface area contributed by atoms with E-state index in [4.69, 9.17) is 16.0 Å². The Bertz CT molecular complexity index is 1560. The maximum atomic E-state index is 12.9. The van der Waals surface area contributed by atoms with Crippen LogP contribution in [0.5, 0.6) is 0 Å². The van der Waals surface area contributed by atoms with Crippen molar-refractivity contribution in [3.8, 4) is 0 Å². The molecular formula is C22H20ClN5O4S2. The maximum absolute atomic E-state index is 12.9. The van der Waals surface area contributed by atoms with E-state index in [1.54, 1.807) is 0 Å². The molecule has 0 saturated carbocycles. The van der Waals surface area contributed by atoms with Gasteiger partial charge in [-0.25, -0.2) is 18.2 Å². The standard InChI is InChI=1S/C22H20ClN5O4S2/c1-13(15-4-2-3-5-16(15)14-6-8-24-9-7-14)28-18-10-17(23)20(11-19(18)32-22(28)29)34(30,31)27-21-25-12-26-33-21/h2-6,10-13,24H,7-9H2,1H3,(H,25,26,27). The van der Waals surface area contributed by atoms with E-state index in [0.29, 0.717) is 5.52 Å². The van der Waals surface area contributed by atoms with E-state index in [1.807, 2.05) is 31.2 Å². The van der Waals surface area contributed by atoms with Crippen LogP contribution in [0.3, 0.4) is 0 Å². The summed E-state index contributed by atoms with van der Waals surface area (Å²) in [6.07, 6.45) is 4.29. The largest absolute Gasteiger partial charge is 0.420 e. The normalized spacial score (nSPS) is 15.3. The van der Waals surface area contributed by atoms with Gasteiger partial charge >= 0.3 is 5.76 Å². The second-order valence-corrected chi connectivity index (χ2v) is 10.6. The lowest BCUT2D eigenvalue weighted by Crippen LogP contribution is -2.22. The van der Waals surface area contributed by atoms with E-state index >= 15 is 0 Å². The highest BCUT2D eigenvalue weighted by molar-refractivity contribution is 7.93. The Kier molecular flexibility index (Phi) is 6.02. The molecule has 1 unspecified atom stereocenters. The van der Waals surface area contributed by atoms with E-state index in [1.165, 1.54) is 28.6 Å². The second kappa shape index (κ2) is 8.99. The molecule has 0 spiro atoms. The quantitative estimate of drug-likeness (QED) is 0.398. The highest BCUT2D eigenvalue weighted by Gasteiger charge is 2.25. The SMILES string of the molecule is CC(c1ccccc1C1=CCNCC1)n1c(=O)oc2cc(S(=O)(=O)Nc3ncns3)c(Cl)cc21. The van der Waals surface area contributed by atoms with Crippen LogP contribution in [0, 0.1) is 0 Å². The van der Waals surface area contributed by atoms with E-state index in [9.17, 15) is 13.2 Å². The fourth-order valence-electron chi connectivity index (χ4n) is 4.16. The molecule has 1 aliphatic heterocycles. The molecule has 0 bridgehead atoms. The highest BCUT2D eigenvalue weighted by atomic mass is 35.5. The monoisotopic (exact) mass is 517 g/mol. The van der Waals surface area contributed by atoms with Crippen LogP contribution in [0.15, 0.2) is 62.9 Å². The summed E-state index contributed by atoms with van der Waals surface area (Å²) in [7, 11) is -4.06. The van der Waals surface area contributed by atoms with Gasteiger partial charge in [-0.15, -0.1) is 0 Å². The van der Waals surface area contributed by atoms with Crippen molar-refractivity contribution in [2.75, 3.05) is 17.8 Å². The van der Waals surface area contributed by atoms with Crippen molar-refractivity contribution in [1.29, 1.82) is 0 Å². The Hall–Kier alpha value is -2.99. The number of hydrogen-bond donors (Lipinski definition) is 2. The number of oxazole rings is 1. The summed E-state index contributed by atoms with van der Waals surface area (Å²) >= 11 is 7.28. The van der Waals surface area contributed by atoms with Crippen LogP contribution in [-0.2, 0) is 10.0 Å². The molecule has 0 saturated heterocycles. The van der Waals surface area contributed by atoms with Gasteiger partial charge in [0.1, 0.15) is 11.2 Å². The lowest BCUT2D eigenvalue weighted by atomic mass is 9.92. The van der Waals surface area contributed by atoms with Crippen molar-refractivity contribution in [1.82, 2.24) is 19.2 Å². The van der Waals surface area contributed by atoms with Gasteiger partial charge in [0, 0.05) is 24.1 Å². The van der Waals surface area contributed by atoms with Crippen LogP contribution in [0.25, 0.3) is 16.7 Å². The zero-order valence-corrected chi connectivity index (χ0v) is 20.4. The number of hydrogen-bond acceptors (Lipinski definition) is 8. The Morgan fingerprint density at radius 2 is 2.12 bits per heavy atom. The summed E-state index contributed by atoms with van der Waals surface area (Å²) in [5.41, 5.74) is 3.79. The fraction of sp³-hybridized carbons (Fsp3) is 0.227. The Morgan fingerprint density at radius 3 is 2.85 bits per heavy atom. The van der Waals surface area contributed by atoms with Gasteiger partial charge in [0.25, 0.3) is 10.0 Å². The smallest absolute Gasteiger partial charge is 0.408 e. The molecule has 0 fully saturated rings. The fourth-order valence-corrected chi connectivity index (χ4v) is 6.36. The number of nitrogens with one attached hydrogen (secondary N) is 2. The third-order valence-corrected chi connectivity index (χ3v) is 8.26. The van der Waals surface area contributed by atoms with E-state index in [-0.39, 0.29) is 26.7 Å². The topological polar surface area (TPSA) is 119 Å². The van der Waals surface area contributed by atoms with Crippen LogP contribution < -0.4 is 15.8 Å². The number of aromatic nitrogens is 3. The summed E-state index contributed by atoms with van der Waals surface area (Å²) < 4.78 is 38.7. The molecule has 4 aromatic rings. The Morgan fingerprint density at radius 1 is 1.29 bits per heavy atom. The molecule has 2 N–H and O–H groups in total. The summed E-state index contributed by atoms with van der Waals surface area (Å²) in [6.45, 7) is 3.60. The summed E-state index contributed by atoms with van der Waals surface area (Å²) in [5.74, 6) is -0.598. The number of halogens is 1. The average Bonchev–Trinajstić information content (AvgIpc) is 3.44. The molecule has 9 nitrogen and oxygen atoms in total. The molecule has 3 heterocycles. The minimum absolute atomic E-state index is 0.0411. The molecule has 2 aromatic heterocycles. The van der Waals surface area contributed by atoms with Crippen molar-refractivity contribution in [2.24, 2.45) is 0 Å². The molecule has 0 radical (unpaired) electrons. The molecule has 176 valence electrons. The Balaban J connectivity index is 1.59. The van der Waals surface area contributed by atoms with Gasteiger partial charge in [0.05, 0.1) is 16.6 Å². The first-order chi connectivity index (χ1) is 16.3. The molecule has 1 atom stereocenters. The molecule has 5 rings (SSSR count). The highest BCUT2D eigenvalue weighted by Crippen LogP contribution is 2.33. The number of benzene rings is 2. The number of sulfonamides is 1. The summed E-state index contributed by atoms with van der Waals surface area (Å²) in [4.78, 5) is 16.5. The zero-order valence-electron chi connectivity index (χ0n) is 18.0. The number of nitrogens with zero attached hydrogens (tertiary/aromatic N) is 3. The van der Waals surface area contributed by atoms with Crippen LogP contribution in [0.4, 0.5) is 5.13 Å². The molecule has 34 heavy (non-hydrogen) atoms.